The second-order valence-corrected chi connectivity index (χ2v) is 8.58. The van der Waals surface area contributed by atoms with Crippen LogP contribution in [0.15, 0.2) is 48.5 Å². The summed E-state index contributed by atoms with van der Waals surface area (Å²) in [6.07, 6.45) is 5.65. The summed E-state index contributed by atoms with van der Waals surface area (Å²) < 4.78 is 28.7. The number of ether oxygens (including phenoxy) is 5. The standard InChI is InChI=1S/C27H33N3O6/c1-32-17-35-21-14-23(26(27(31)34-3)24(15-21)36-18-33-2)28-25-16-22(19-10-6-4-7-11-19)29-30(25)20-12-8-5-9-13-20/h4,6-7,10-11,14-16,20,28H,5,8-9,12-13,17-18H2,1-3H3. The van der Waals surface area contributed by atoms with Gasteiger partial charge in [-0.3, -0.25) is 0 Å². The molecule has 9 nitrogen and oxygen atoms in total. The number of nitrogens with zero attached hydrogens (tertiary/aromatic N) is 2. The van der Waals surface area contributed by atoms with E-state index in [-0.39, 0.29) is 30.9 Å². The van der Waals surface area contributed by atoms with Gasteiger partial charge in [0.15, 0.2) is 13.6 Å². The highest BCUT2D eigenvalue weighted by molar-refractivity contribution is 6.00. The molecule has 0 spiro atoms. The van der Waals surface area contributed by atoms with Crippen molar-refractivity contribution in [2.75, 3.05) is 40.2 Å². The molecule has 0 bridgehead atoms. The summed E-state index contributed by atoms with van der Waals surface area (Å²) in [7, 11) is 4.38. The molecule has 1 aliphatic rings. The first-order valence-electron chi connectivity index (χ1n) is 12.1. The zero-order chi connectivity index (χ0) is 25.3. The maximum Gasteiger partial charge on any atom is 0.343 e. The van der Waals surface area contributed by atoms with Gasteiger partial charge in [0.25, 0.3) is 0 Å². The highest BCUT2D eigenvalue weighted by Crippen LogP contribution is 2.38. The number of hydrogen-bond donors (Lipinski definition) is 1. The monoisotopic (exact) mass is 495 g/mol. The molecule has 0 unspecified atom stereocenters. The largest absolute Gasteiger partial charge is 0.467 e. The highest BCUT2D eigenvalue weighted by atomic mass is 16.7. The van der Waals surface area contributed by atoms with Crippen molar-refractivity contribution < 1.29 is 28.5 Å². The third-order valence-electron chi connectivity index (χ3n) is 6.13. The van der Waals surface area contributed by atoms with Crippen LogP contribution in [0.3, 0.4) is 0 Å². The number of benzene rings is 2. The lowest BCUT2D eigenvalue weighted by Crippen LogP contribution is -2.17. The van der Waals surface area contributed by atoms with Crippen LogP contribution in [-0.4, -0.2) is 50.7 Å². The van der Waals surface area contributed by atoms with E-state index >= 15 is 0 Å². The Balaban J connectivity index is 1.80. The Kier molecular flexibility index (Phi) is 8.80. The number of anilines is 2. The quantitative estimate of drug-likeness (QED) is 0.273. The highest BCUT2D eigenvalue weighted by Gasteiger charge is 2.25. The van der Waals surface area contributed by atoms with Crippen molar-refractivity contribution in [1.82, 2.24) is 9.78 Å². The lowest BCUT2D eigenvalue weighted by molar-refractivity contribution is 0.0436. The van der Waals surface area contributed by atoms with Crippen LogP contribution in [-0.2, 0) is 14.2 Å². The summed E-state index contributed by atoms with van der Waals surface area (Å²) in [4.78, 5) is 12.9. The number of rotatable bonds is 11. The first kappa shape index (κ1) is 25.5. The van der Waals surface area contributed by atoms with E-state index in [2.05, 4.69) is 5.32 Å². The SMILES string of the molecule is COCOc1cc(Nc2cc(-c3ccccc3)nn2C2CCCCC2)c(C(=O)OC)c(OCOC)c1. The maximum atomic E-state index is 12.9. The van der Waals surface area contributed by atoms with Gasteiger partial charge in [-0.2, -0.15) is 5.10 Å². The second-order valence-electron chi connectivity index (χ2n) is 8.58. The molecule has 2 aromatic carbocycles. The number of esters is 1. The number of carbonyl (C=O) groups is 1. The zero-order valence-corrected chi connectivity index (χ0v) is 21.0. The topological polar surface area (TPSA) is 93.1 Å². The number of hydrogen-bond acceptors (Lipinski definition) is 8. The van der Waals surface area contributed by atoms with Gasteiger partial charge in [0.1, 0.15) is 22.9 Å². The van der Waals surface area contributed by atoms with Crippen molar-refractivity contribution in [2.24, 2.45) is 0 Å². The minimum atomic E-state index is -0.547. The van der Waals surface area contributed by atoms with Crippen LogP contribution in [0.4, 0.5) is 11.5 Å². The Morgan fingerprint density at radius 3 is 2.39 bits per heavy atom. The van der Waals surface area contributed by atoms with Gasteiger partial charge in [0, 0.05) is 38.0 Å². The summed E-state index contributed by atoms with van der Waals surface area (Å²) in [5, 5.41) is 8.41. The van der Waals surface area contributed by atoms with Gasteiger partial charge in [0.2, 0.25) is 0 Å². The molecule has 0 atom stereocenters. The zero-order valence-electron chi connectivity index (χ0n) is 21.0. The molecule has 0 radical (unpaired) electrons. The Hall–Kier alpha value is -3.56. The van der Waals surface area contributed by atoms with Gasteiger partial charge in [0.05, 0.1) is 24.5 Å². The van der Waals surface area contributed by atoms with E-state index in [0.29, 0.717) is 11.4 Å². The number of nitrogens with one attached hydrogen (secondary N) is 1. The molecule has 0 amide bonds. The summed E-state index contributed by atoms with van der Waals surface area (Å²) in [6.45, 7) is -0.00574. The molecule has 1 N–H and O–H groups in total. The smallest absolute Gasteiger partial charge is 0.343 e. The normalized spacial score (nSPS) is 13.9. The average Bonchev–Trinajstić information content (AvgIpc) is 3.35. The Morgan fingerprint density at radius 2 is 1.69 bits per heavy atom. The van der Waals surface area contributed by atoms with Gasteiger partial charge in [-0.25, -0.2) is 9.48 Å². The average molecular weight is 496 g/mol. The van der Waals surface area contributed by atoms with Crippen molar-refractivity contribution in [3.8, 4) is 22.8 Å². The molecule has 1 aliphatic carbocycles. The second kappa shape index (κ2) is 12.4. The molecular formula is C27H33N3O6. The number of methoxy groups -OCH3 is 3. The molecular weight excluding hydrogens is 462 g/mol. The number of aromatic nitrogens is 2. The van der Waals surface area contributed by atoms with Crippen LogP contribution in [0, 0.1) is 0 Å². The van der Waals surface area contributed by atoms with Gasteiger partial charge in [-0.05, 0) is 12.8 Å². The van der Waals surface area contributed by atoms with Gasteiger partial charge >= 0.3 is 5.97 Å². The van der Waals surface area contributed by atoms with E-state index < -0.39 is 5.97 Å². The van der Waals surface area contributed by atoms with Crippen molar-refractivity contribution in [3.05, 3.63) is 54.1 Å². The van der Waals surface area contributed by atoms with E-state index in [0.717, 1.165) is 42.8 Å². The van der Waals surface area contributed by atoms with Crippen molar-refractivity contribution >= 4 is 17.5 Å². The van der Waals surface area contributed by atoms with Crippen LogP contribution in [0.25, 0.3) is 11.3 Å². The van der Waals surface area contributed by atoms with Crippen molar-refractivity contribution in [1.29, 1.82) is 0 Å². The molecule has 4 rings (SSSR count). The fourth-order valence-electron chi connectivity index (χ4n) is 4.43. The predicted molar refractivity (Wildman–Crippen MR) is 136 cm³/mol. The molecule has 1 heterocycles. The molecule has 1 saturated carbocycles. The van der Waals surface area contributed by atoms with Crippen LogP contribution in [0.5, 0.6) is 11.5 Å². The van der Waals surface area contributed by atoms with Gasteiger partial charge < -0.3 is 29.0 Å². The Bertz CT molecular complexity index is 1140. The molecule has 1 fully saturated rings. The first-order valence-corrected chi connectivity index (χ1v) is 12.1. The number of carbonyl (C=O) groups excluding carboxylic acids is 1. The van der Waals surface area contributed by atoms with E-state index in [1.807, 2.05) is 41.1 Å². The van der Waals surface area contributed by atoms with Crippen molar-refractivity contribution in [2.45, 2.75) is 38.1 Å². The van der Waals surface area contributed by atoms with Crippen LogP contribution in [0.1, 0.15) is 48.5 Å². The van der Waals surface area contributed by atoms with Gasteiger partial charge in [-0.15, -0.1) is 0 Å². The summed E-state index contributed by atoms with van der Waals surface area (Å²) in [5.41, 5.74) is 2.57. The lowest BCUT2D eigenvalue weighted by atomic mass is 9.96. The Morgan fingerprint density at radius 1 is 0.972 bits per heavy atom. The minimum absolute atomic E-state index is 0.0406. The molecule has 36 heavy (non-hydrogen) atoms. The van der Waals surface area contributed by atoms with E-state index in [1.54, 1.807) is 12.1 Å². The van der Waals surface area contributed by atoms with Crippen LogP contribution < -0.4 is 14.8 Å². The van der Waals surface area contributed by atoms with Gasteiger partial charge in [-0.1, -0.05) is 49.6 Å². The first-order chi connectivity index (χ1) is 17.6. The molecule has 9 heteroatoms. The third kappa shape index (κ3) is 5.98. The maximum absolute atomic E-state index is 12.9. The van der Waals surface area contributed by atoms with E-state index in [9.17, 15) is 4.79 Å². The molecule has 3 aromatic rings. The Labute approximate surface area is 211 Å². The fourth-order valence-corrected chi connectivity index (χ4v) is 4.43. The third-order valence-corrected chi connectivity index (χ3v) is 6.13. The fraction of sp³-hybridized carbons (Fsp3) is 0.407. The van der Waals surface area contributed by atoms with E-state index in [1.165, 1.54) is 27.8 Å². The predicted octanol–water partition coefficient (Wildman–Crippen LogP) is 5.55. The van der Waals surface area contributed by atoms with Crippen LogP contribution >= 0.6 is 0 Å². The van der Waals surface area contributed by atoms with E-state index in [4.69, 9.17) is 28.8 Å². The van der Waals surface area contributed by atoms with Crippen LogP contribution in [0.2, 0.25) is 0 Å². The minimum Gasteiger partial charge on any atom is -0.467 e. The molecule has 1 aromatic heterocycles. The summed E-state index contributed by atoms with van der Waals surface area (Å²) in [6, 6.07) is 15.6. The molecule has 0 aliphatic heterocycles. The van der Waals surface area contributed by atoms with Crippen molar-refractivity contribution in [3.63, 3.8) is 0 Å². The summed E-state index contributed by atoms with van der Waals surface area (Å²) >= 11 is 0. The lowest BCUT2D eigenvalue weighted by Gasteiger charge is -2.25. The molecule has 0 saturated heterocycles. The summed E-state index contributed by atoms with van der Waals surface area (Å²) in [5.74, 6) is 0.957. The molecule has 192 valence electrons.